The van der Waals surface area contributed by atoms with Crippen LogP contribution in [0, 0.1) is 0 Å². The Morgan fingerprint density at radius 3 is 2.94 bits per heavy atom. The summed E-state index contributed by atoms with van der Waals surface area (Å²) < 4.78 is 10.8. The van der Waals surface area contributed by atoms with Crippen molar-refractivity contribution in [2.75, 3.05) is 6.79 Å². The number of ether oxygens (including phenoxy) is 2. The molecule has 1 saturated carbocycles. The molecule has 2 aliphatic rings. The van der Waals surface area contributed by atoms with Crippen molar-refractivity contribution in [1.82, 2.24) is 0 Å². The van der Waals surface area contributed by atoms with Crippen LogP contribution < -0.4 is 4.74 Å². The minimum absolute atomic E-state index is 0.188. The minimum Gasteiger partial charge on any atom is -0.481 e. The summed E-state index contributed by atoms with van der Waals surface area (Å²) in [5.41, 5.74) is 1.86. The van der Waals surface area contributed by atoms with Crippen LogP contribution in [0.4, 0.5) is 0 Å². The fourth-order valence-electron chi connectivity index (χ4n) is 2.52. The maximum Gasteiger partial charge on any atom is 0.304 e. The molecule has 3 rings (SSSR count). The van der Waals surface area contributed by atoms with Gasteiger partial charge in [0, 0.05) is 16.5 Å². The van der Waals surface area contributed by atoms with Gasteiger partial charge in [-0.2, -0.15) is 0 Å². The molecule has 0 unspecified atom stereocenters. The average Bonchev–Trinajstić information content (AvgIpc) is 3.08. The van der Waals surface area contributed by atoms with Crippen LogP contribution in [0.3, 0.4) is 0 Å². The van der Waals surface area contributed by atoms with E-state index in [2.05, 4.69) is 0 Å². The topological polar surface area (TPSA) is 55.8 Å². The molecule has 1 N–H and O–H groups in total. The van der Waals surface area contributed by atoms with E-state index in [4.69, 9.17) is 14.6 Å². The van der Waals surface area contributed by atoms with Crippen LogP contribution in [0.1, 0.15) is 30.4 Å². The molecule has 0 saturated heterocycles. The van der Waals surface area contributed by atoms with Gasteiger partial charge in [0.25, 0.3) is 0 Å². The Morgan fingerprint density at radius 2 is 2.24 bits per heavy atom. The van der Waals surface area contributed by atoms with E-state index >= 15 is 0 Å². The number of benzene rings is 1. The van der Waals surface area contributed by atoms with E-state index < -0.39 is 5.97 Å². The molecule has 4 heteroatoms. The molecule has 1 fully saturated rings. The van der Waals surface area contributed by atoms with Gasteiger partial charge in [0.1, 0.15) is 5.75 Å². The largest absolute Gasteiger partial charge is 0.481 e. The summed E-state index contributed by atoms with van der Waals surface area (Å²) in [6, 6.07) is 5.91. The van der Waals surface area contributed by atoms with Crippen LogP contribution in [0.15, 0.2) is 18.2 Å². The first-order valence-corrected chi connectivity index (χ1v) is 5.76. The Balaban J connectivity index is 2.00. The maximum atomic E-state index is 10.9. The molecule has 1 aliphatic heterocycles. The van der Waals surface area contributed by atoms with Crippen LogP contribution >= 0.6 is 0 Å². The van der Waals surface area contributed by atoms with E-state index in [1.54, 1.807) is 0 Å². The Morgan fingerprint density at radius 1 is 1.41 bits per heavy atom. The van der Waals surface area contributed by atoms with E-state index in [1.807, 2.05) is 18.2 Å². The van der Waals surface area contributed by atoms with E-state index in [0.717, 1.165) is 29.7 Å². The van der Waals surface area contributed by atoms with Gasteiger partial charge >= 0.3 is 5.97 Å². The first-order valence-electron chi connectivity index (χ1n) is 5.76. The zero-order chi connectivity index (χ0) is 11.9. The van der Waals surface area contributed by atoms with Crippen molar-refractivity contribution in [2.45, 2.75) is 31.3 Å². The van der Waals surface area contributed by atoms with Crippen molar-refractivity contribution in [3.05, 3.63) is 29.3 Å². The summed E-state index contributed by atoms with van der Waals surface area (Å²) in [4.78, 5) is 10.9. The Labute approximate surface area is 99.2 Å². The van der Waals surface area contributed by atoms with Gasteiger partial charge in [0.15, 0.2) is 6.79 Å². The molecule has 0 radical (unpaired) electrons. The summed E-state index contributed by atoms with van der Waals surface area (Å²) in [6.07, 6.45) is 2.05. The molecule has 90 valence electrons. The van der Waals surface area contributed by atoms with Crippen molar-refractivity contribution < 1.29 is 19.4 Å². The summed E-state index contributed by atoms with van der Waals surface area (Å²) in [7, 11) is 0. The van der Waals surface area contributed by atoms with Gasteiger partial charge in [0.05, 0.1) is 13.0 Å². The molecule has 1 aromatic rings. The second-order valence-electron chi connectivity index (χ2n) is 4.76. The van der Waals surface area contributed by atoms with Gasteiger partial charge in [-0.25, -0.2) is 0 Å². The molecule has 0 atom stereocenters. The monoisotopic (exact) mass is 234 g/mol. The van der Waals surface area contributed by atoms with Crippen molar-refractivity contribution >= 4 is 5.97 Å². The first-order chi connectivity index (χ1) is 8.21. The number of carbonyl (C=O) groups is 1. The van der Waals surface area contributed by atoms with Gasteiger partial charge in [-0.1, -0.05) is 18.2 Å². The summed E-state index contributed by atoms with van der Waals surface area (Å²) in [6.45, 7) is 0.805. The van der Waals surface area contributed by atoms with Gasteiger partial charge in [-0.05, 0) is 12.8 Å². The van der Waals surface area contributed by atoms with Crippen LogP contribution in [-0.2, 0) is 21.6 Å². The molecule has 0 spiro atoms. The normalized spacial score (nSPS) is 20.2. The highest BCUT2D eigenvalue weighted by molar-refractivity contribution is 5.71. The third-order valence-electron chi connectivity index (χ3n) is 3.56. The van der Waals surface area contributed by atoms with Crippen LogP contribution in [0.25, 0.3) is 0 Å². The number of hydrogen-bond donors (Lipinski definition) is 1. The molecule has 1 heterocycles. The van der Waals surface area contributed by atoms with Gasteiger partial charge < -0.3 is 14.6 Å². The molecule has 1 aliphatic carbocycles. The van der Waals surface area contributed by atoms with Crippen molar-refractivity contribution in [1.29, 1.82) is 0 Å². The summed E-state index contributed by atoms with van der Waals surface area (Å²) in [5.74, 6) is 0.102. The fourth-order valence-corrected chi connectivity index (χ4v) is 2.52. The fraction of sp³-hybridized carbons (Fsp3) is 0.462. The highest BCUT2D eigenvalue weighted by Crippen LogP contribution is 2.54. The van der Waals surface area contributed by atoms with Crippen LogP contribution in [0.2, 0.25) is 0 Å². The quantitative estimate of drug-likeness (QED) is 0.869. The molecule has 0 bridgehead atoms. The third kappa shape index (κ3) is 1.78. The third-order valence-corrected chi connectivity index (χ3v) is 3.56. The highest BCUT2D eigenvalue weighted by Gasteiger charge is 2.48. The first kappa shape index (κ1) is 10.6. The molecule has 4 nitrogen and oxygen atoms in total. The SMILES string of the molecule is O=C(O)CC1(c2cccc3c2OCOC3)CC1. The molecule has 0 amide bonds. The lowest BCUT2D eigenvalue weighted by Crippen LogP contribution is -2.19. The lowest BCUT2D eigenvalue weighted by atomic mass is 9.90. The number of carboxylic acids is 1. The van der Waals surface area contributed by atoms with Crippen molar-refractivity contribution in [3.8, 4) is 5.75 Å². The summed E-state index contributed by atoms with van der Waals surface area (Å²) in [5, 5.41) is 8.99. The van der Waals surface area contributed by atoms with Crippen LogP contribution in [0.5, 0.6) is 5.75 Å². The van der Waals surface area contributed by atoms with E-state index in [-0.39, 0.29) is 18.6 Å². The Kier molecular flexibility index (Phi) is 2.33. The standard InChI is InChI=1S/C13H14O4/c14-11(15)6-13(4-5-13)10-3-1-2-9-7-16-8-17-12(9)10/h1-3H,4-8H2,(H,14,15). The number of fused-ring (bicyclic) bond motifs is 1. The van der Waals surface area contributed by atoms with Gasteiger partial charge in [0.2, 0.25) is 0 Å². The zero-order valence-corrected chi connectivity index (χ0v) is 9.44. The Hall–Kier alpha value is -1.55. The van der Waals surface area contributed by atoms with Crippen molar-refractivity contribution in [3.63, 3.8) is 0 Å². The lowest BCUT2D eigenvalue weighted by molar-refractivity contribution is -0.137. The van der Waals surface area contributed by atoms with Gasteiger partial charge in [-0.3, -0.25) is 4.79 Å². The smallest absolute Gasteiger partial charge is 0.304 e. The molecule has 0 aromatic heterocycles. The predicted octanol–water partition coefficient (Wildman–Crippen LogP) is 2.06. The number of aliphatic carboxylic acids is 1. The number of carboxylic acid groups (broad SMARTS) is 1. The van der Waals surface area contributed by atoms with E-state index in [9.17, 15) is 4.79 Å². The highest BCUT2D eigenvalue weighted by atomic mass is 16.7. The second-order valence-corrected chi connectivity index (χ2v) is 4.76. The maximum absolute atomic E-state index is 10.9. The zero-order valence-electron chi connectivity index (χ0n) is 9.44. The summed E-state index contributed by atoms with van der Waals surface area (Å²) >= 11 is 0. The minimum atomic E-state index is -0.743. The average molecular weight is 234 g/mol. The molecular formula is C13H14O4. The predicted molar refractivity (Wildman–Crippen MR) is 59.9 cm³/mol. The number of hydrogen-bond acceptors (Lipinski definition) is 3. The number of para-hydroxylation sites is 1. The van der Waals surface area contributed by atoms with Crippen LogP contribution in [-0.4, -0.2) is 17.9 Å². The van der Waals surface area contributed by atoms with E-state index in [1.165, 1.54) is 0 Å². The Bertz CT molecular complexity index is 462. The van der Waals surface area contributed by atoms with Crippen molar-refractivity contribution in [2.24, 2.45) is 0 Å². The van der Waals surface area contributed by atoms with E-state index in [0.29, 0.717) is 6.61 Å². The van der Waals surface area contributed by atoms with Gasteiger partial charge in [-0.15, -0.1) is 0 Å². The molecule has 17 heavy (non-hydrogen) atoms. The second kappa shape index (κ2) is 3.74. The lowest BCUT2D eigenvalue weighted by Gasteiger charge is -2.24. The number of rotatable bonds is 3. The molecule has 1 aromatic carbocycles. The molecular weight excluding hydrogens is 220 g/mol.